The van der Waals surface area contributed by atoms with Crippen LogP contribution >= 0.6 is 0 Å². The van der Waals surface area contributed by atoms with Crippen LogP contribution in [0.4, 0.5) is 0 Å². The van der Waals surface area contributed by atoms with Crippen LogP contribution in [-0.2, 0) is 21.3 Å². The number of benzene rings is 2. The Balaban J connectivity index is 1.59. The van der Waals surface area contributed by atoms with Crippen molar-refractivity contribution in [2.24, 2.45) is 0 Å². The fourth-order valence-electron chi connectivity index (χ4n) is 3.59. The van der Waals surface area contributed by atoms with Gasteiger partial charge in [-0.25, -0.2) is 8.42 Å². The van der Waals surface area contributed by atoms with Gasteiger partial charge in [0.25, 0.3) is 0 Å². The molecule has 7 heteroatoms. The highest BCUT2D eigenvalue weighted by Crippen LogP contribution is 2.21. The lowest BCUT2D eigenvalue weighted by Crippen LogP contribution is -2.35. The van der Waals surface area contributed by atoms with Crippen molar-refractivity contribution in [3.05, 3.63) is 59.7 Å². The summed E-state index contributed by atoms with van der Waals surface area (Å²) in [5.74, 6) is 0.647. The van der Waals surface area contributed by atoms with Crippen molar-refractivity contribution in [3.63, 3.8) is 0 Å². The average molecular weight is 433 g/mol. The Bertz CT molecular complexity index is 900. The average Bonchev–Trinajstić information content (AvgIpc) is 2.99. The van der Waals surface area contributed by atoms with E-state index in [1.807, 2.05) is 13.0 Å². The molecule has 1 aliphatic rings. The van der Waals surface area contributed by atoms with Gasteiger partial charge in [-0.1, -0.05) is 24.3 Å². The Morgan fingerprint density at radius 1 is 0.933 bits per heavy atom. The number of aryl methyl sites for hydroxylation is 1. The Morgan fingerprint density at radius 2 is 1.70 bits per heavy atom. The summed E-state index contributed by atoms with van der Waals surface area (Å²) < 4.78 is 38.7. The molecule has 6 nitrogen and oxygen atoms in total. The van der Waals surface area contributed by atoms with E-state index in [0.717, 1.165) is 26.1 Å². The smallest absolute Gasteiger partial charge is 0.243 e. The first kappa shape index (κ1) is 22.7. The third-order valence-corrected chi connectivity index (χ3v) is 7.28. The minimum absolute atomic E-state index is 0.312. The van der Waals surface area contributed by atoms with Crippen LogP contribution in [-0.4, -0.2) is 63.6 Å². The molecule has 1 aliphatic heterocycles. The highest BCUT2D eigenvalue weighted by atomic mass is 32.2. The fraction of sp³-hybridized carbons (Fsp3) is 0.478. The highest BCUT2D eigenvalue weighted by molar-refractivity contribution is 7.89. The normalized spacial score (nSPS) is 16.3. The van der Waals surface area contributed by atoms with E-state index in [-0.39, 0.29) is 0 Å². The first-order valence-electron chi connectivity index (χ1n) is 10.6. The molecule has 2 aromatic carbocycles. The Hall–Kier alpha value is -1.93. The van der Waals surface area contributed by atoms with Crippen molar-refractivity contribution in [1.82, 2.24) is 9.21 Å². The molecule has 0 bridgehead atoms. The van der Waals surface area contributed by atoms with Crippen molar-refractivity contribution >= 4 is 10.0 Å². The van der Waals surface area contributed by atoms with E-state index >= 15 is 0 Å². The minimum Gasteiger partial charge on any atom is -0.491 e. The van der Waals surface area contributed by atoms with E-state index in [1.54, 1.807) is 28.6 Å². The first-order chi connectivity index (χ1) is 14.5. The van der Waals surface area contributed by atoms with E-state index in [0.29, 0.717) is 43.6 Å². The number of sulfonamides is 1. The summed E-state index contributed by atoms with van der Waals surface area (Å²) in [7, 11) is -3.51. The zero-order valence-electron chi connectivity index (χ0n) is 17.9. The van der Waals surface area contributed by atoms with Crippen molar-refractivity contribution in [1.29, 1.82) is 0 Å². The SMILES string of the molecule is CCOCCOc1ccc(S(=O)(=O)N2CCCN(Cc3ccccc3C)CC2)cc1. The van der Waals surface area contributed by atoms with Crippen LogP contribution in [0.2, 0.25) is 0 Å². The number of ether oxygens (including phenoxy) is 2. The Kier molecular flexibility index (Phi) is 8.27. The quantitative estimate of drug-likeness (QED) is 0.569. The first-order valence-corrected chi connectivity index (χ1v) is 12.0. The molecule has 0 amide bonds. The van der Waals surface area contributed by atoms with Gasteiger partial charge in [0.05, 0.1) is 11.5 Å². The molecule has 1 saturated heterocycles. The van der Waals surface area contributed by atoms with Crippen LogP contribution in [0.1, 0.15) is 24.5 Å². The molecule has 1 heterocycles. The van der Waals surface area contributed by atoms with Crippen LogP contribution in [0, 0.1) is 6.92 Å². The summed E-state index contributed by atoms with van der Waals surface area (Å²) in [6.07, 6.45) is 0.823. The molecule has 0 saturated carbocycles. The van der Waals surface area contributed by atoms with Crippen molar-refractivity contribution in [2.45, 2.75) is 31.7 Å². The van der Waals surface area contributed by atoms with Crippen LogP contribution in [0.5, 0.6) is 5.75 Å². The number of hydrogen-bond donors (Lipinski definition) is 0. The van der Waals surface area contributed by atoms with Gasteiger partial charge < -0.3 is 9.47 Å². The lowest BCUT2D eigenvalue weighted by molar-refractivity contribution is 0.110. The molecule has 0 spiro atoms. The van der Waals surface area contributed by atoms with E-state index in [2.05, 4.69) is 30.0 Å². The van der Waals surface area contributed by atoms with Crippen LogP contribution in [0.15, 0.2) is 53.4 Å². The van der Waals surface area contributed by atoms with Gasteiger partial charge in [0.15, 0.2) is 0 Å². The van der Waals surface area contributed by atoms with Crippen molar-refractivity contribution in [2.75, 3.05) is 46.0 Å². The van der Waals surface area contributed by atoms with Gasteiger partial charge in [-0.15, -0.1) is 0 Å². The molecule has 0 aliphatic carbocycles. The highest BCUT2D eigenvalue weighted by Gasteiger charge is 2.27. The van der Waals surface area contributed by atoms with Crippen LogP contribution in [0.3, 0.4) is 0 Å². The zero-order valence-corrected chi connectivity index (χ0v) is 18.7. The largest absolute Gasteiger partial charge is 0.491 e. The molecule has 3 rings (SSSR count). The molecule has 30 heavy (non-hydrogen) atoms. The van der Waals surface area contributed by atoms with Crippen LogP contribution < -0.4 is 4.74 Å². The van der Waals surface area contributed by atoms with E-state index in [1.165, 1.54) is 11.1 Å². The minimum atomic E-state index is -3.51. The zero-order chi connectivity index (χ0) is 21.4. The third kappa shape index (κ3) is 6.04. The maximum atomic E-state index is 13.1. The van der Waals surface area contributed by atoms with E-state index in [4.69, 9.17) is 9.47 Å². The fourth-order valence-corrected chi connectivity index (χ4v) is 5.06. The lowest BCUT2D eigenvalue weighted by Gasteiger charge is -2.22. The molecular formula is C23H32N2O4S. The number of hydrogen-bond acceptors (Lipinski definition) is 5. The number of rotatable bonds is 9. The monoisotopic (exact) mass is 432 g/mol. The Labute approximate surface area is 180 Å². The third-order valence-electron chi connectivity index (χ3n) is 5.36. The van der Waals surface area contributed by atoms with Crippen molar-refractivity contribution in [3.8, 4) is 5.75 Å². The second-order valence-electron chi connectivity index (χ2n) is 7.48. The van der Waals surface area contributed by atoms with Gasteiger partial charge in [0.1, 0.15) is 12.4 Å². The molecule has 0 N–H and O–H groups in total. The van der Waals surface area contributed by atoms with Gasteiger partial charge in [0, 0.05) is 32.8 Å². The molecule has 2 aromatic rings. The summed E-state index contributed by atoms with van der Waals surface area (Å²) in [5.41, 5.74) is 2.57. The maximum Gasteiger partial charge on any atom is 0.243 e. The standard InChI is InChI=1S/C23H32N2O4S/c1-3-28-17-18-29-22-9-11-23(12-10-22)30(26,27)25-14-6-13-24(15-16-25)19-21-8-5-4-7-20(21)2/h4-5,7-12H,3,6,13-19H2,1-2H3. The summed E-state index contributed by atoms with van der Waals surface area (Å²) >= 11 is 0. The summed E-state index contributed by atoms with van der Waals surface area (Å²) in [5, 5.41) is 0. The maximum absolute atomic E-state index is 13.1. The van der Waals surface area contributed by atoms with Gasteiger partial charge in [0.2, 0.25) is 10.0 Å². The predicted molar refractivity (Wildman–Crippen MR) is 118 cm³/mol. The van der Waals surface area contributed by atoms with E-state index in [9.17, 15) is 8.42 Å². The van der Waals surface area contributed by atoms with Gasteiger partial charge >= 0.3 is 0 Å². The summed E-state index contributed by atoms with van der Waals surface area (Å²) in [4.78, 5) is 2.65. The van der Waals surface area contributed by atoms with Gasteiger partial charge in [-0.05, 0) is 62.2 Å². The second-order valence-corrected chi connectivity index (χ2v) is 9.41. The van der Waals surface area contributed by atoms with Crippen molar-refractivity contribution < 1.29 is 17.9 Å². The molecule has 0 radical (unpaired) electrons. The molecule has 0 unspecified atom stereocenters. The molecule has 1 fully saturated rings. The Morgan fingerprint density at radius 3 is 2.43 bits per heavy atom. The second kappa shape index (κ2) is 10.9. The van der Waals surface area contributed by atoms with Gasteiger partial charge in [-0.2, -0.15) is 4.31 Å². The van der Waals surface area contributed by atoms with E-state index < -0.39 is 10.0 Å². The number of nitrogens with zero attached hydrogens (tertiary/aromatic N) is 2. The topological polar surface area (TPSA) is 59.1 Å². The summed E-state index contributed by atoms with van der Waals surface area (Å²) in [6.45, 7) is 9.19. The lowest BCUT2D eigenvalue weighted by atomic mass is 10.1. The molecule has 164 valence electrons. The predicted octanol–water partition coefficient (Wildman–Crippen LogP) is 3.31. The van der Waals surface area contributed by atoms with Crippen LogP contribution in [0.25, 0.3) is 0 Å². The molecular weight excluding hydrogens is 400 g/mol. The van der Waals surface area contributed by atoms with Gasteiger partial charge in [-0.3, -0.25) is 4.90 Å². The summed E-state index contributed by atoms with van der Waals surface area (Å²) in [6, 6.07) is 15.0. The molecule has 0 atom stereocenters. The molecule has 0 aromatic heterocycles.